The maximum absolute atomic E-state index is 4.98. The molecule has 1 unspecified atom stereocenters. The molecule has 0 aliphatic heterocycles. The third kappa shape index (κ3) is 3.14. The third-order valence-electron chi connectivity index (χ3n) is 2.12. The first-order chi connectivity index (χ1) is 4.26. The fraction of sp³-hybridized carbons (Fsp3) is 1.00. The van der Waals surface area contributed by atoms with E-state index in [0.29, 0.717) is 0 Å². The van der Waals surface area contributed by atoms with Gasteiger partial charge in [-0.3, -0.25) is 0 Å². The van der Waals surface area contributed by atoms with Crippen LogP contribution < -0.4 is 0 Å². The maximum atomic E-state index is 4.98. The lowest BCUT2D eigenvalue weighted by atomic mass is 9.91. The predicted octanol–water partition coefficient (Wildman–Crippen LogP) is 3.26. The van der Waals surface area contributed by atoms with E-state index in [1.54, 1.807) is 0 Å². The minimum atomic E-state index is 0.745. The Bertz CT molecular complexity index is 57.6. The molecule has 0 aliphatic rings. The first-order valence-electron chi connectivity index (χ1n) is 3.84. The van der Waals surface area contributed by atoms with Crippen molar-refractivity contribution in [3.63, 3.8) is 0 Å². The summed E-state index contributed by atoms with van der Waals surface area (Å²) in [5, 5.41) is 0. The molecule has 1 heteroatoms. The fourth-order valence-electron chi connectivity index (χ4n) is 1.23. The van der Waals surface area contributed by atoms with Gasteiger partial charge in [0, 0.05) is 5.75 Å². The van der Waals surface area contributed by atoms with Gasteiger partial charge in [0.15, 0.2) is 0 Å². The number of rotatable bonds is 4. The summed E-state index contributed by atoms with van der Waals surface area (Å²) in [6.45, 7) is 6.75. The summed E-state index contributed by atoms with van der Waals surface area (Å²) in [6.07, 6.45) is 2.57. The van der Waals surface area contributed by atoms with Crippen LogP contribution in [0.3, 0.4) is 0 Å². The summed E-state index contributed by atoms with van der Waals surface area (Å²) < 4.78 is 0. The van der Waals surface area contributed by atoms with Crippen molar-refractivity contribution in [1.29, 1.82) is 0 Å². The molecular weight excluding hydrogens is 128 g/mol. The molecule has 0 nitrogen and oxygen atoms in total. The topological polar surface area (TPSA) is 0 Å². The summed E-state index contributed by atoms with van der Waals surface area (Å²) in [4.78, 5) is 0. The Balaban J connectivity index is 3.50. The zero-order valence-electron chi connectivity index (χ0n) is 6.68. The van der Waals surface area contributed by atoms with E-state index in [1.165, 1.54) is 12.8 Å². The van der Waals surface area contributed by atoms with Crippen LogP contribution in [0.2, 0.25) is 0 Å². The van der Waals surface area contributed by atoms with Crippen LogP contribution in [0.25, 0.3) is 0 Å². The minimum absolute atomic E-state index is 0.745. The summed E-state index contributed by atoms with van der Waals surface area (Å²) in [7, 11) is 0. The lowest BCUT2D eigenvalue weighted by molar-refractivity contribution is 0.368. The molecule has 0 bridgehead atoms. The predicted molar refractivity (Wildman–Crippen MR) is 45.7 cm³/mol. The molecule has 0 spiro atoms. The summed E-state index contributed by atoms with van der Waals surface area (Å²) in [6, 6.07) is 0. The normalized spacial score (nSPS) is 14.3. The van der Waals surface area contributed by atoms with Crippen molar-refractivity contribution in [2.75, 3.05) is 5.75 Å². The van der Waals surface area contributed by atoms with Crippen LogP contribution in [0.15, 0.2) is 0 Å². The number of hydrogen-bond donors (Lipinski definition) is 0. The maximum Gasteiger partial charge on any atom is 0.00653 e. The molecule has 0 aliphatic carbocycles. The standard InChI is InChI=1S/C8H17S/c1-4-8(5-2)7(3)6-9/h7-8H,4-6H2,1-3H3. The van der Waals surface area contributed by atoms with E-state index < -0.39 is 0 Å². The molecule has 0 aromatic rings. The van der Waals surface area contributed by atoms with Crippen LogP contribution in [0.4, 0.5) is 0 Å². The molecule has 0 rings (SSSR count). The Morgan fingerprint density at radius 2 is 1.67 bits per heavy atom. The molecule has 1 radical (unpaired) electrons. The fourth-order valence-corrected chi connectivity index (χ4v) is 1.50. The molecule has 0 aromatic heterocycles. The second-order valence-electron chi connectivity index (χ2n) is 2.72. The smallest absolute Gasteiger partial charge is 0.00653 e. The highest BCUT2D eigenvalue weighted by molar-refractivity contribution is 7.80. The zero-order valence-corrected chi connectivity index (χ0v) is 7.50. The van der Waals surface area contributed by atoms with Gasteiger partial charge in [-0.1, -0.05) is 46.2 Å². The molecule has 0 heterocycles. The average molecular weight is 145 g/mol. The van der Waals surface area contributed by atoms with Crippen molar-refractivity contribution in [2.45, 2.75) is 33.6 Å². The molecular formula is C8H17S. The van der Waals surface area contributed by atoms with Crippen LogP contribution in [-0.4, -0.2) is 5.75 Å². The van der Waals surface area contributed by atoms with Crippen molar-refractivity contribution in [2.24, 2.45) is 11.8 Å². The van der Waals surface area contributed by atoms with Crippen molar-refractivity contribution in [3.8, 4) is 0 Å². The molecule has 0 aromatic carbocycles. The van der Waals surface area contributed by atoms with E-state index in [0.717, 1.165) is 17.6 Å². The molecule has 0 saturated heterocycles. The van der Waals surface area contributed by atoms with Crippen molar-refractivity contribution < 1.29 is 0 Å². The van der Waals surface area contributed by atoms with Gasteiger partial charge in [-0.25, -0.2) is 0 Å². The van der Waals surface area contributed by atoms with Crippen LogP contribution in [0.5, 0.6) is 0 Å². The lowest BCUT2D eigenvalue weighted by Crippen LogP contribution is -2.10. The molecule has 0 fully saturated rings. The SMILES string of the molecule is CCC(CC)C(C)C[S]. The number of hydrogen-bond acceptors (Lipinski definition) is 0. The Hall–Kier alpha value is 0.350. The van der Waals surface area contributed by atoms with Gasteiger partial charge >= 0.3 is 0 Å². The van der Waals surface area contributed by atoms with E-state index in [4.69, 9.17) is 12.6 Å². The van der Waals surface area contributed by atoms with Gasteiger partial charge in [-0.05, 0) is 11.8 Å². The van der Waals surface area contributed by atoms with E-state index in [-0.39, 0.29) is 0 Å². The van der Waals surface area contributed by atoms with Gasteiger partial charge in [0.1, 0.15) is 0 Å². The van der Waals surface area contributed by atoms with E-state index in [9.17, 15) is 0 Å². The quantitative estimate of drug-likeness (QED) is 0.569. The van der Waals surface area contributed by atoms with Crippen LogP contribution >= 0.6 is 12.6 Å². The van der Waals surface area contributed by atoms with Gasteiger partial charge in [-0.2, -0.15) is 0 Å². The van der Waals surface area contributed by atoms with Gasteiger partial charge in [0.2, 0.25) is 0 Å². The molecule has 1 atom stereocenters. The van der Waals surface area contributed by atoms with Gasteiger partial charge in [0.05, 0.1) is 0 Å². The first-order valence-corrected chi connectivity index (χ1v) is 4.42. The van der Waals surface area contributed by atoms with E-state index in [2.05, 4.69) is 20.8 Å². The van der Waals surface area contributed by atoms with Crippen molar-refractivity contribution >= 4 is 12.6 Å². The summed E-state index contributed by atoms with van der Waals surface area (Å²) in [5.41, 5.74) is 0. The lowest BCUT2D eigenvalue weighted by Gasteiger charge is -2.17. The second kappa shape index (κ2) is 5.16. The third-order valence-corrected chi connectivity index (χ3v) is 2.64. The summed E-state index contributed by atoms with van der Waals surface area (Å²) in [5.74, 6) is 2.53. The van der Waals surface area contributed by atoms with Crippen LogP contribution in [-0.2, 0) is 0 Å². The minimum Gasteiger partial charge on any atom is -0.0939 e. The Morgan fingerprint density at radius 3 is 1.78 bits per heavy atom. The zero-order chi connectivity index (χ0) is 7.28. The highest BCUT2D eigenvalue weighted by atomic mass is 32.1. The largest absolute Gasteiger partial charge is 0.0939 e. The molecule has 9 heavy (non-hydrogen) atoms. The van der Waals surface area contributed by atoms with E-state index in [1.807, 2.05) is 0 Å². The van der Waals surface area contributed by atoms with Crippen molar-refractivity contribution in [3.05, 3.63) is 0 Å². The summed E-state index contributed by atoms with van der Waals surface area (Å²) >= 11 is 4.98. The Morgan fingerprint density at radius 1 is 1.22 bits per heavy atom. The molecule has 0 saturated carbocycles. The van der Waals surface area contributed by atoms with E-state index >= 15 is 0 Å². The van der Waals surface area contributed by atoms with Gasteiger partial charge in [0.25, 0.3) is 0 Å². The molecule has 0 N–H and O–H groups in total. The highest BCUT2D eigenvalue weighted by Crippen LogP contribution is 2.19. The Kier molecular flexibility index (Phi) is 5.36. The van der Waals surface area contributed by atoms with Gasteiger partial charge in [-0.15, -0.1) is 0 Å². The van der Waals surface area contributed by atoms with Gasteiger partial charge < -0.3 is 0 Å². The molecule has 0 amide bonds. The second-order valence-corrected chi connectivity index (χ2v) is 3.05. The molecule has 55 valence electrons. The Labute approximate surface area is 64.4 Å². The average Bonchev–Trinajstić information content (AvgIpc) is 1.90. The first kappa shape index (κ1) is 9.35. The van der Waals surface area contributed by atoms with Crippen LogP contribution in [0.1, 0.15) is 33.6 Å². The van der Waals surface area contributed by atoms with Crippen molar-refractivity contribution in [1.82, 2.24) is 0 Å². The van der Waals surface area contributed by atoms with Crippen LogP contribution in [0, 0.1) is 11.8 Å². The highest BCUT2D eigenvalue weighted by Gasteiger charge is 2.10. The monoisotopic (exact) mass is 145 g/mol.